The number of aliphatic imine (C=N–C) groups is 1. The molecule has 0 saturated carbocycles. The first-order valence-electron chi connectivity index (χ1n) is 10.4. The van der Waals surface area contributed by atoms with Crippen LogP contribution in [-0.2, 0) is 16.8 Å². The summed E-state index contributed by atoms with van der Waals surface area (Å²) in [6.45, 7) is 3.54. The highest BCUT2D eigenvalue weighted by Crippen LogP contribution is 2.35. The summed E-state index contributed by atoms with van der Waals surface area (Å²) >= 11 is 0. The Balaban J connectivity index is 1.55. The van der Waals surface area contributed by atoms with Gasteiger partial charge in [-0.3, -0.25) is 5.73 Å². The van der Waals surface area contributed by atoms with Crippen molar-refractivity contribution in [1.82, 2.24) is 15.6 Å². The van der Waals surface area contributed by atoms with E-state index in [-0.39, 0.29) is 12.4 Å². The van der Waals surface area contributed by atoms with Crippen molar-refractivity contribution in [1.29, 1.82) is 0 Å². The van der Waals surface area contributed by atoms with Crippen LogP contribution in [0.3, 0.4) is 0 Å². The molecule has 1 aromatic heterocycles. The summed E-state index contributed by atoms with van der Waals surface area (Å²) in [6.07, 6.45) is -1.49. The second kappa shape index (κ2) is 8.39. The van der Waals surface area contributed by atoms with Gasteiger partial charge in [0.25, 0.3) is 0 Å². The van der Waals surface area contributed by atoms with Gasteiger partial charge in [-0.15, -0.1) is 0 Å². The van der Waals surface area contributed by atoms with Gasteiger partial charge < -0.3 is 20.2 Å². The van der Waals surface area contributed by atoms with Crippen LogP contribution >= 0.6 is 7.14 Å². The van der Waals surface area contributed by atoms with Crippen LogP contribution in [0.1, 0.15) is 11.1 Å². The molecule has 0 saturated heterocycles. The lowest BCUT2D eigenvalue weighted by Crippen LogP contribution is -2.54. The number of aromatic amines is 1. The minimum absolute atomic E-state index is 0.236. The highest BCUT2D eigenvalue weighted by Gasteiger charge is 2.41. The molecule has 174 valence electrons. The average Bonchev–Trinajstić information content (AvgIpc) is 3.16. The van der Waals surface area contributed by atoms with Crippen LogP contribution in [0.2, 0.25) is 0 Å². The molecule has 0 amide bonds. The Bertz CT molecular complexity index is 1270. The monoisotopic (exact) mass is 475 g/mol. The molecule has 0 fully saturated rings. The van der Waals surface area contributed by atoms with Crippen molar-refractivity contribution in [2.24, 2.45) is 10.7 Å². The SMILES string of the molecule is CP(C)(=O)c1ccc(C2(N)N=CC(C(F)(F)F)=C(NCCc3c[nH]c4ccccc34)N2)cc1. The zero-order chi connectivity index (χ0) is 23.9. The van der Waals surface area contributed by atoms with Gasteiger partial charge in [-0.05, 0) is 31.4 Å². The molecule has 33 heavy (non-hydrogen) atoms. The number of para-hydroxylation sites is 1. The fourth-order valence-corrected chi connectivity index (χ4v) is 4.62. The molecule has 1 atom stereocenters. The molecule has 6 nitrogen and oxygen atoms in total. The van der Waals surface area contributed by atoms with Crippen LogP contribution in [0.5, 0.6) is 0 Å². The highest BCUT2D eigenvalue weighted by molar-refractivity contribution is 7.70. The number of nitrogens with two attached hydrogens (primary N) is 1. The molecule has 2 heterocycles. The quantitative estimate of drug-likeness (QED) is 0.409. The van der Waals surface area contributed by atoms with Gasteiger partial charge in [0.15, 0.2) is 0 Å². The molecule has 0 aliphatic carbocycles. The van der Waals surface area contributed by atoms with E-state index >= 15 is 0 Å². The molecular weight excluding hydrogens is 450 g/mol. The number of alkyl halides is 3. The summed E-state index contributed by atoms with van der Waals surface area (Å²) in [5, 5.41) is 7.27. The van der Waals surface area contributed by atoms with E-state index in [0.29, 0.717) is 17.3 Å². The Morgan fingerprint density at radius 3 is 2.48 bits per heavy atom. The third kappa shape index (κ3) is 4.84. The number of nitrogens with one attached hydrogen (secondary N) is 3. The van der Waals surface area contributed by atoms with E-state index in [4.69, 9.17) is 5.73 Å². The number of benzene rings is 2. The summed E-state index contributed by atoms with van der Waals surface area (Å²) in [4.78, 5) is 7.13. The van der Waals surface area contributed by atoms with E-state index in [1.807, 2.05) is 30.5 Å². The second-order valence-electron chi connectivity index (χ2n) is 8.37. The predicted molar refractivity (Wildman–Crippen MR) is 126 cm³/mol. The number of rotatable bonds is 6. The van der Waals surface area contributed by atoms with Crippen molar-refractivity contribution in [2.75, 3.05) is 19.9 Å². The van der Waals surface area contributed by atoms with Gasteiger partial charge in [-0.25, -0.2) is 4.99 Å². The maximum absolute atomic E-state index is 13.6. The zero-order valence-corrected chi connectivity index (χ0v) is 19.1. The second-order valence-corrected chi connectivity index (χ2v) is 11.6. The Morgan fingerprint density at radius 1 is 1.12 bits per heavy atom. The lowest BCUT2D eigenvalue weighted by atomic mass is 10.1. The van der Waals surface area contributed by atoms with Crippen LogP contribution in [-0.4, -0.2) is 37.2 Å². The van der Waals surface area contributed by atoms with Gasteiger partial charge in [-0.2, -0.15) is 13.2 Å². The summed E-state index contributed by atoms with van der Waals surface area (Å²) in [6, 6.07) is 14.3. The number of allylic oxidation sites excluding steroid dienone is 1. The van der Waals surface area contributed by atoms with Gasteiger partial charge in [0.1, 0.15) is 18.5 Å². The molecule has 3 aromatic rings. The number of fused-ring (bicyclic) bond motifs is 1. The van der Waals surface area contributed by atoms with Crippen LogP contribution in [0, 0.1) is 0 Å². The van der Waals surface area contributed by atoms with Crippen molar-refractivity contribution in [3.05, 3.63) is 77.2 Å². The third-order valence-corrected chi connectivity index (χ3v) is 7.13. The lowest BCUT2D eigenvalue weighted by molar-refractivity contribution is -0.0876. The van der Waals surface area contributed by atoms with Crippen LogP contribution in [0.4, 0.5) is 13.2 Å². The Labute approximate surface area is 189 Å². The maximum Gasteiger partial charge on any atom is 0.421 e. The molecule has 10 heteroatoms. The normalized spacial score (nSPS) is 19.1. The van der Waals surface area contributed by atoms with Crippen molar-refractivity contribution >= 4 is 29.6 Å². The fraction of sp³-hybridized carbons (Fsp3) is 0.261. The van der Waals surface area contributed by atoms with E-state index in [1.165, 1.54) is 0 Å². The Hall–Kier alpha value is -3.03. The lowest BCUT2D eigenvalue weighted by Gasteiger charge is -2.34. The van der Waals surface area contributed by atoms with Crippen LogP contribution in [0.15, 0.2) is 71.1 Å². The smallest absolute Gasteiger partial charge is 0.371 e. The third-order valence-electron chi connectivity index (χ3n) is 5.59. The standard InChI is InChI=1S/C23H25F3N5OP/c1-33(2,32)17-9-7-16(8-10-17)23(27)30-14-19(22(24,25)26)21(31-23)28-12-11-15-13-29-20-6-4-3-5-18(15)20/h3-10,13-14,28-29,31H,11-12,27H2,1-2H3. The van der Waals surface area contributed by atoms with Gasteiger partial charge in [0.2, 0.25) is 5.79 Å². The minimum atomic E-state index is -4.61. The fourth-order valence-electron chi connectivity index (χ4n) is 3.76. The van der Waals surface area contributed by atoms with Gasteiger partial charge in [0, 0.05) is 40.7 Å². The van der Waals surface area contributed by atoms with Crippen molar-refractivity contribution in [2.45, 2.75) is 18.4 Å². The van der Waals surface area contributed by atoms with Crippen LogP contribution < -0.4 is 21.7 Å². The summed E-state index contributed by atoms with van der Waals surface area (Å²) in [5.74, 6) is -1.83. The number of halogens is 3. The number of hydrogen-bond donors (Lipinski definition) is 4. The number of H-pyrrole nitrogens is 1. The van der Waals surface area contributed by atoms with Gasteiger partial charge >= 0.3 is 6.18 Å². The van der Waals surface area contributed by atoms with E-state index in [0.717, 1.165) is 22.7 Å². The van der Waals surface area contributed by atoms with Crippen molar-refractivity contribution in [3.8, 4) is 0 Å². The first kappa shape index (κ1) is 23.1. The molecule has 4 rings (SSSR count). The van der Waals surface area contributed by atoms with E-state index < -0.39 is 24.7 Å². The van der Waals surface area contributed by atoms with Gasteiger partial charge in [-0.1, -0.05) is 42.5 Å². The van der Waals surface area contributed by atoms with Gasteiger partial charge in [0.05, 0.1) is 0 Å². The Morgan fingerprint density at radius 2 is 1.82 bits per heavy atom. The number of hydrogen-bond acceptors (Lipinski definition) is 5. The number of nitrogens with zero attached hydrogens (tertiary/aromatic N) is 1. The largest absolute Gasteiger partial charge is 0.421 e. The topological polar surface area (TPSA) is 95.3 Å². The molecular formula is C23H25F3N5OP. The molecule has 0 bridgehead atoms. The van der Waals surface area contributed by atoms with E-state index in [2.05, 4.69) is 20.6 Å². The maximum atomic E-state index is 13.6. The minimum Gasteiger partial charge on any atom is -0.371 e. The van der Waals surface area contributed by atoms with E-state index in [9.17, 15) is 17.7 Å². The van der Waals surface area contributed by atoms with Crippen molar-refractivity contribution < 1.29 is 17.7 Å². The Kier molecular flexibility index (Phi) is 5.88. The first-order chi connectivity index (χ1) is 15.5. The molecule has 0 spiro atoms. The first-order valence-corrected chi connectivity index (χ1v) is 13.0. The average molecular weight is 475 g/mol. The number of aromatic nitrogens is 1. The molecule has 2 aromatic carbocycles. The summed E-state index contributed by atoms with van der Waals surface area (Å²) < 4.78 is 53.2. The molecule has 1 aliphatic rings. The molecule has 1 unspecified atom stereocenters. The van der Waals surface area contributed by atoms with E-state index in [1.54, 1.807) is 37.6 Å². The van der Waals surface area contributed by atoms with Crippen molar-refractivity contribution in [3.63, 3.8) is 0 Å². The molecule has 1 aliphatic heterocycles. The molecule has 5 N–H and O–H groups in total. The highest BCUT2D eigenvalue weighted by atomic mass is 31.2. The zero-order valence-electron chi connectivity index (χ0n) is 18.2. The summed E-state index contributed by atoms with van der Waals surface area (Å²) in [5.41, 5.74) is 7.84. The van der Waals surface area contributed by atoms with Crippen LogP contribution in [0.25, 0.3) is 10.9 Å². The summed E-state index contributed by atoms with van der Waals surface area (Å²) in [7, 11) is -2.47. The molecule has 0 radical (unpaired) electrons. The predicted octanol–water partition coefficient (Wildman–Crippen LogP) is 3.77.